The molecule has 0 aliphatic carbocycles. The summed E-state index contributed by atoms with van der Waals surface area (Å²) in [6, 6.07) is 1.56. The largest absolute Gasteiger partial charge is 0.466 e. The highest BCUT2D eigenvalue weighted by molar-refractivity contribution is 6.04. The topological polar surface area (TPSA) is 55.4 Å². The smallest absolute Gasteiger partial charge is 0.307 e. The van der Waals surface area contributed by atoms with Crippen LogP contribution in [0.1, 0.15) is 59.3 Å². The molecule has 0 saturated heterocycles. The molecule has 23 heavy (non-hydrogen) atoms. The lowest BCUT2D eigenvalue weighted by Crippen LogP contribution is -2.40. The normalized spacial score (nSPS) is 12.1. The predicted molar refractivity (Wildman–Crippen MR) is 93.1 cm³/mol. The van der Waals surface area contributed by atoms with E-state index in [0.717, 1.165) is 34.2 Å². The first-order valence-corrected chi connectivity index (χ1v) is 8.34. The summed E-state index contributed by atoms with van der Waals surface area (Å²) in [5, 5.41) is 3.20. The highest BCUT2D eigenvalue weighted by Gasteiger charge is 2.26. The van der Waals surface area contributed by atoms with Crippen LogP contribution >= 0.6 is 0 Å². The van der Waals surface area contributed by atoms with Crippen LogP contribution in [0.2, 0.25) is 0 Å². The first-order chi connectivity index (χ1) is 10.8. The number of rotatable bonds is 8. The van der Waals surface area contributed by atoms with Gasteiger partial charge >= 0.3 is 5.97 Å². The molecule has 0 spiro atoms. The maximum absolute atomic E-state index is 13.1. The second kappa shape index (κ2) is 8.82. The molecular formula is C19H29NO3. The molecule has 0 radical (unpaired) electrons. The number of nitrogens with one attached hydrogen (secondary N) is 1. The van der Waals surface area contributed by atoms with Crippen molar-refractivity contribution >= 4 is 11.8 Å². The Kier molecular flexibility index (Phi) is 7.43. The Balaban J connectivity index is 3.16. The quantitative estimate of drug-likeness (QED) is 0.589. The lowest BCUT2D eigenvalue weighted by molar-refractivity contribution is -0.143. The van der Waals surface area contributed by atoms with E-state index >= 15 is 0 Å². The van der Waals surface area contributed by atoms with Gasteiger partial charge in [-0.1, -0.05) is 13.0 Å². The fourth-order valence-electron chi connectivity index (χ4n) is 2.72. The van der Waals surface area contributed by atoms with Gasteiger partial charge in [-0.15, -0.1) is 0 Å². The molecule has 0 fully saturated rings. The van der Waals surface area contributed by atoms with Crippen molar-refractivity contribution in [1.29, 1.82) is 0 Å². The van der Waals surface area contributed by atoms with Gasteiger partial charge in [0.25, 0.3) is 0 Å². The summed E-state index contributed by atoms with van der Waals surface area (Å²) in [5.74, 6) is -0.359. The van der Waals surface area contributed by atoms with E-state index in [4.69, 9.17) is 4.74 Å². The molecule has 0 amide bonds. The Morgan fingerprint density at radius 1 is 1.09 bits per heavy atom. The number of carbonyl (C=O) groups excluding carboxylic acids is 2. The van der Waals surface area contributed by atoms with Gasteiger partial charge in [0, 0.05) is 5.56 Å². The molecule has 4 heteroatoms. The zero-order valence-corrected chi connectivity index (χ0v) is 15.2. The van der Waals surface area contributed by atoms with Crippen molar-refractivity contribution in [2.75, 3.05) is 13.2 Å². The second-order valence-electron chi connectivity index (χ2n) is 6.02. The lowest BCUT2D eigenvalue weighted by atomic mass is 9.88. The van der Waals surface area contributed by atoms with Crippen molar-refractivity contribution < 1.29 is 14.3 Å². The highest BCUT2D eigenvalue weighted by Crippen LogP contribution is 2.23. The van der Waals surface area contributed by atoms with E-state index in [0.29, 0.717) is 13.2 Å². The predicted octanol–water partition coefficient (Wildman–Crippen LogP) is 3.42. The summed E-state index contributed by atoms with van der Waals surface area (Å²) in [6.07, 6.45) is 0.968. The molecule has 0 bridgehead atoms. The van der Waals surface area contributed by atoms with Crippen LogP contribution in [0, 0.1) is 27.7 Å². The number of hydrogen-bond donors (Lipinski definition) is 1. The van der Waals surface area contributed by atoms with Gasteiger partial charge in [-0.05, 0) is 69.8 Å². The molecule has 0 aromatic heterocycles. The molecule has 128 valence electrons. The maximum Gasteiger partial charge on any atom is 0.307 e. The Morgan fingerprint density at radius 3 is 2.13 bits per heavy atom. The van der Waals surface area contributed by atoms with E-state index in [1.807, 2.05) is 34.6 Å². The molecule has 1 N–H and O–H groups in total. The molecule has 0 aliphatic rings. The average Bonchev–Trinajstić information content (AvgIpc) is 2.49. The van der Waals surface area contributed by atoms with Crippen molar-refractivity contribution in [3.8, 4) is 0 Å². The van der Waals surface area contributed by atoms with Crippen LogP contribution in [-0.4, -0.2) is 30.9 Å². The second-order valence-corrected chi connectivity index (χ2v) is 6.02. The van der Waals surface area contributed by atoms with Gasteiger partial charge in [0.05, 0.1) is 19.1 Å². The van der Waals surface area contributed by atoms with Gasteiger partial charge in [0.2, 0.25) is 0 Å². The summed E-state index contributed by atoms with van der Waals surface area (Å²) in [5.41, 5.74) is 4.92. The van der Waals surface area contributed by atoms with Gasteiger partial charge in [0.1, 0.15) is 0 Å². The van der Waals surface area contributed by atoms with Crippen molar-refractivity contribution in [2.24, 2.45) is 0 Å². The number of aryl methyl sites for hydroxylation is 2. The fourth-order valence-corrected chi connectivity index (χ4v) is 2.72. The molecule has 1 rings (SSSR count). The van der Waals surface area contributed by atoms with Crippen LogP contribution in [0.4, 0.5) is 0 Å². The van der Waals surface area contributed by atoms with E-state index in [1.54, 1.807) is 6.92 Å². The van der Waals surface area contributed by atoms with E-state index in [-0.39, 0.29) is 18.2 Å². The Labute approximate surface area is 139 Å². The Hall–Kier alpha value is -1.68. The number of esters is 1. The minimum Gasteiger partial charge on any atom is -0.466 e. The number of benzene rings is 1. The van der Waals surface area contributed by atoms with E-state index in [1.165, 1.54) is 0 Å². The van der Waals surface area contributed by atoms with Gasteiger partial charge in [-0.3, -0.25) is 9.59 Å². The Bertz CT molecular complexity index is 552. The summed E-state index contributed by atoms with van der Waals surface area (Å²) < 4.78 is 5.02. The molecule has 1 aromatic carbocycles. The van der Waals surface area contributed by atoms with Crippen LogP contribution in [-0.2, 0) is 9.53 Å². The minimum atomic E-state index is -0.535. The zero-order valence-electron chi connectivity index (χ0n) is 15.2. The van der Waals surface area contributed by atoms with Crippen molar-refractivity contribution in [3.63, 3.8) is 0 Å². The van der Waals surface area contributed by atoms with Crippen LogP contribution in [0.3, 0.4) is 0 Å². The third-order valence-electron chi connectivity index (χ3n) is 4.25. The average molecular weight is 319 g/mol. The van der Waals surface area contributed by atoms with Crippen LogP contribution in [0.15, 0.2) is 6.07 Å². The van der Waals surface area contributed by atoms with Gasteiger partial charge < -0.3 is 10.1 Å². The van der Waals surface area contributed by atoms with Crippen molar-refractivity contribution in [3.05, 3.63) is 33.9 Å². The first-order valence-electron chi connectivity index (χ1n) is 8.34. The number of carbonyl (C=O) groups is 2. The summed E-state index contributed by atoms with van der Waals surface area (Å²) in [6.45, 7) is 12.8. The van der Waals surface area contributed by atoms with Crippen LogP contribution in [0.5, 0.6) is 0 Å². The first kappa shape index (κ1) is 19.4. The minimum absolute atomic E-state index is 0.0201. The van der Waals surface area contributed by atoms with Gasteiger partial charge in [-0.2, -0.15) is 0 Å². The standard InChI is InChI=1S/C19H29NO3/c1-7-9-20-16(11-17(21)23-8-2)19(22)18-14(5)12(3)10-13(4)15(18)6/h10,16,20H,7-9,11H2,1-6H3. The van der Waals surface area contributed by atoms with Crippen LogP contribution in [0.25, 0.3) is 0 Å². The highest BCUT2D eigenvalue weighted by atomic mass is 16.5. The van der Waals surface area contributed by atoms with Crippen molar-refractivity contribution in [2.45, 2.75) is 60.4 Å². The summed E-state index contributed by atoms with van der Waals surface area (Å²) in [7, 11) is 0. The molecule has 1 aromatic rings. The number of ether oxygens (including phenoxy) is 1. The Morgan fingerprint density at radius 2 is 1.65 bits per heavy atom. The van der Waals surface area contributed by atoms with E-state index < -0.39 is 6.04 Å². The lowest BCUT2D eigenvalue weighted by Gasteiger charge is -2.21. The molecule has 1 atom stereocenters. The number of hydrogen-bond acceptors (Lipinski definition) is 4. The van der Waals surface area contributed by atoms with E-state index in [9.17, 15) is 9.59 Å². The third kappa shape index (κ3) is 4.90. The number of Topliss-reactive ketones (excluding diaryl/α,β-unsaturated/α-hetero) is 1. The molecule has 0 heterocycles. The summed E-state index contributed by atoms with van der Waals surface area (Å²) >= 11 is 0. The molecule has 0 saturated carbocycles. The molecule has 0 aliphatic heterocycles. The maximum atomic E-state index is 13.1. The monoisotopic (exact) mass is 319 g/mol. The zero-order chi connectivity index (χ0) is 17.6. The molecule has 4 nitrogen and oxygen atoms in total. The van der Waals surface area contributed by atoms with Crippen molar-refractivity contribution in [1.82, 2.24) is 5.32 Å². The molecular weight excluding hydrogens is 290 g/mol. The fraction of sp³-hybridized carbons (Fsp3) is 0.579. The van der Waals surface area contributed by atoms with E-state index in [2.05, 4.69) is 11.4 Å². The number of ketones is 1. The van der Waals surface area contributed by atoms with Crippen LogP contribution < -0.4 is 5.32 Å². The molecule has 1 unspecified atom stereocenters. The van der Waals surface area contributed by atoms with Gasteiger partial charge in [-0.25, -0.2) is 0 Å². The third-order valence-corrected chi connectivity index (χ3v) is 4.25. The van der Waals surface area contributed by atoms with Gasteiger partial charge in [0.15, 0.2) is 5.78 Å². The SMILES string of the molecule is CCCNC(CC(=O)OCC)C(=O)c1c(C)c(C)cc(C)c1C. The summed E-state index contributed by atoms with van der Waals surface area (Å²) in [4.78, 5) is 24.9.